The number of carbonyl (C=O) groups is 1. The van der Waals surface area contributed by atoms with Crippen LogP contribution in [0.25, 0.3) is 0 Å². The van der Waals surface area contributed by atoms with Gasteiger partial charge in [0, 0.05) is 6.07 Å². The molecule has 0 unspecified atom stereocenters. The van der Waals surface area contributed by atoms with E-state index in [1.807, 2.05) is 0 Å². The normalized spacial score (nSPS) is 11.9. The highest BCUT2D eigenvalue weighted by Gasteiger charge is 2.21. The first-order valence-electron chi connectivity index (χ1n) is 9.80. The molecule has 1 aliphatic rings. The molecule has 0 aliphatic carbocycles. The van der Waals surface area contributed by atoms with E-state index >= 15 is 0 Å². The number of carbonyl (C=O) groups excluding carboxylic acids is 1. The predicted octanol–water partition coefficient (Wildman–Crippen LogP) is 3.72. The molecule has 0 fully saturated rings. The molecule has 172 valence electrons. The summed E-state index contributed by atoms with van der Waals surface area (Å²) in [6.07, 6.45) is 1.53. The molecule has 1 N–H and O–H groups in total. The summed E-state index contributed by atoms with van der Waals surface area (Å²) in [6, 6.07) is 14.7. The number of ether oxygens (including phenoxy) is 3. The number of fused-ring (bicyclic) bond motifs is 1. The van der Waals surface area contributed by atoms with Crippen LogP contribution >= 0.6 is 0 Å². The van der Waals surface area contributed by atoms with Crippen LogP contribution in [0.3, 0.4) is 0 Å². The Morgan fingerprint density at radius 1 is 1.00 bits per heavy atom. The van der Waals surface area contributed by atoms with E-state index in [9.17, 15) is 25.0 Å². The van der Waals surface area contributed by atoms with Gasteiger partial charge in [-0.1, -0.05) is 6.07 Å². The molecule has 12 nitrogen and oxygen atoms in total. The number of nitro groups is 2. The number of rotatable bonds is 8. The van der Waals surface area contributed by atoms with Crippen LogP contribution in [-0.2, 0) is 11.2 Å². The zero-order chi connectivity index (χ0) is 24.1. The summed E-state index contributed by atoms with van der Waals surface area (Å²) >= 11 is 0. The van der Waals surface area contributed by atoms with Crippen molar-refractivity contribution in [1.29, 1.82) is 0 Å². The molecule has 4 rings (SSSR count). The fourth-order valence-corrected chi connectivity index (χ4v) is 3.05. The van der Waals surface area contributed by atoms with Gasteiger partial charge in [-0.25, -0.2) is 5.43 Å². The summed E-state index contributed by atoms with van der Waals surface area (Å²) in [6.45, 7) is 0.157. The van der Waals surface area contributed by atoms with E-state index < -0.39 is 21.2 Å². The molecule has 1 aliphatic heterocycles. The minimum Gasteiger partial charge on any atom is -0.454 e. The lowest BCUT2D eigenvalue weighted by Gasteiger charge is -2.06. The zero-order valence-corrected chi connectivity index (χ0v) is 17.4. The van der Waals surface area contributed by atoms with Crippen LogP contribution in [0, 0.1) is 20.2 Å². The van der Waals surface area contributed by atoms with Crippen molar-refractivity contribution in [2.24, 2.45) is 5.10 Å². The van der Waals surface area contributed by atoms with Gasteiger partial charge in [0.2, 0.25) is 18.4 Å². The third-order valence-corrected chi connectivity index (χ3v) is 4.66. The lowest BCUT2D eigenvalue weighted by atomic mass is 10.1. The number of non-ortho nitro benzene ring substituents is 1. The van der Waals surface area contributed by atoms with E-state index in [4.69, 9.17) is 14.2 Å². The van der Waals surface area contributed by atoms with Crippen LogP contribution < -0.4 is 19.6 Å². The molecule has 1 heterocycles. The van der Waals surface area contributed by atoms with Crippen molar-refractivity contribution < 1.29 is 28.9 Å². The van der Waals surface area contributed by atoms with Gasteiger partial charge in [0.05, 0.1) is 28.5 Å². The second-order valence-electron chi connectivity index (χ2n) is 6.99. The Morgan fingerprint density at radius 3 is 2.50 bits per heavy atom. The average Bonchev–Trinajstić information content (AvgIpc) is 3.28. The van der Waals surface area contributed by atoms with Gasteiger partial charge in [0.25, 0.3) is 5.69 Å². The second-order valence-corrected chi connectivity index (χ2v) is 6.99. The quantitative estimate of drug-likeness (QED) is 0.300. The average molecular weight is 464 g/mol. The number of benzene rings is 3. The van der Waals surface area contributed by atoms with Crippen molar-refractivity contribution in [3.8, 4) is 23.0 Å². The molecular weight excluding hydrogens is 448 g/mol. The first-order valence-corrected chi connectivity index (χ1v) is 9.80. The Kier molecular flexibility index (Phi) is 6.30. The molecule has 0 spiro atoms. The lowest BCUT2D eigenvalue weighted by Crippen LogP contribution is -2.19. The van der Waals surface area contributed by atoms with Gasteiger partial charge >= 0.3 is 5.69 Å². The third kappa shape index (κ3) is 5.24. The maximum absolute atomic E-state index is 12.1. The maximum Gasteiger partial charge on any atom is 0.318 e. The van der Waals surface area contributed by atoms with Crippen molar-refractivity contribution in [2.75, 3.05) is 6.79 Å². The SMILES string of the molecule is O=C(Cc1ccc2c(c1)OCO2)N/N=C\c1ccc(Oc2ccc([N+](=O)[O-])cc2[N+](=O)[O-])cc1. The highest BCUT2D eigenvalue weighted by molar-refractivity contribution is 5.83. The van der Waals surface area contributed by atoms with E-state index in [0.29, 0.717) is 17.1 Å². The van der Waals surface area contributed by atoms with Gasteiger partial charge in [-0.2, -0.15) is 5.10 Å². The van der Waals surface area contributed by atoms with Crippen LogP contribution in [0.4, 0.5) is 11.4 Å². The highest BCUT2D eigenvalue weighted by atomic mass is 16.7. The van der Waals surface area contributed by atoms with E-state index in [0.717, 1.165) is 17.7 Å². The Labute approximate surface area is 191 Å². The van der Waals surface area contributed by atoms with Crippen LogP contribution in [0.5, 0.6) is 23.0 Å². The summed E-state index contributed by atoms with van der Waals surface area (Å²) < 4.78 is 16.0. The van der Waals surface area contributed by atoms with Crippen LogP contribution in [0.15, 0.2) is 65.8 Å². The van der Waals surface area contributed by atoms with Crippen molar-refractivity contribution in [3.05, 3.63) is 92.0 Å². The van der Waals surface area contributed by atoms with Crippen molar-refractivity contribution >= 4 is 23.5 Å². The molecule has 3 aromatic rings. The van der Waals surface area contributed by atoms with Crippen LogP contribution in [0.1, 0.15) is 11.1 Å². The summed E-state index contributed by atoms with van der Waals surface area (Å²) in [4.78, 5) is 32.7. The molecule has 0 atom stereocenters. The predicted molar refractivity (Wildman–Crippen MR) is 118 cm³/mol. The van der Waals surface area contributed by atoms with Crippen molar-refractivity contribution in [3.63, 3.8) is 0 Å². The molecule has 0 bridgehead atoms. The number of nitrogens with zero attached hydrogens (tertiary/aromatic N) is 3. The van der Waals surface area contributed by atoms with E-state index in [1.165, 1.54) is 12.3 Å². The Balaban J connectivity index is 1.34. The summed E-state index contributed by atoms with van der Waals surface area (Å²) in [5.74, 6) is 1.06. The fourth-order valence-electron chi connectivity index (χ4n) is 3.05. The van der Waals surface area contributed by atoms with Gasteiger partial charge < -0.3 is 14.2 Å². The Bertz CT molecular complexity index is 1290. The highest BCUT2D eigenvalue weighted by Crippen LogP contribution is 2.34. The summed E-state index contributed by atoms with van der Waals surface area (Å²) in [5, 5.41) is 26.0. The molecule has 1 amide bonds. The van der Waals surface area contributed by atoms with Crippen LogP contribution in [-0.4, -0.2) is 28.8 Å². The third-order valence-electron chi connectivity index (χ3n) is 4.66. The zero-order valence-electron chi connectivity index (χ0n) is 17.4. The first-order chi connectivity index (χ1) is 16.4. The molecule has 0 aromatic heterocycles. The molecule has 0 radical (unpaired) electrons. The number of hydrazone groups is 1. The lowest BCUT2D eigenvalue weighted by molar-refractivity contribution is -0.394. The van der Waals surface area contributed by atoms with Gasteiger partial charge in [-0.05, 0) is 53.6 Å². The largest absolute Gasteiger partial charge is 0.454 e. The van der Waals surface area contributed by atoms with E-state index in [-0.39, 0.29) is 30.6 Å². The minimum absolute atomic E-state index is 0.106. The Hall–Kier alpha value is -5.00. The molecule has 0 saturated carbocycles. The minimum atomic E-state index is -0.754. The second kappa shape index (κ2) is 9.65. The van der Waals surface area contributed by atoms with Gasteiger partial charge in [0.15, 0.2) is 11.5 Å². The topological polar surface area (TPSA) is 155 Å². The first kappa shape index (κ1) is 22.2. The molecule has 3 aromatic carbocycles. The summed E-state index contributed by atoms with van der Waals surface area (Å²) in [5.41, 5.74) is 2.88. The van der Waals surface area contributed by atoms with Gasteiger partial charge in [-0.15, -0.1) is 0 Å². The fraction of sp³-hybridized carbons (Fsp3) is 0.0909. The van der Waals surface area contributed by atoms with Crippen molar-refractivity contribution in [1.82, 2.24) is 5.43 Å². The summed E-state index contributed by atoms with van der Waals surface area (Å²) in [7, 11) is 0. The number of hydrogen-bond donors (Lipinski definition) is 1. The number of nitrogens with one attached hydrogen (secondary N) is 1. The number of nitro benzene ring substituents is 2. The Morgan fingerprint density at radius 2 is 1.76 bits per heavy atom. The van der Waals surface area contributed by atoms with Crippen LogP contribution in [0.2, 0.25) is 0 Å². The van der Waals surface area contributed by atoms with E-state index in [1.54, 1.807) is 42.5 Å². The smallest absolute Gasteiger partial charge is 0.318 e. The molecule has 0 saturated heterocycles. The standard InChI is InChI=1S/C22H16N4O8/c27-22(10-15-3-7-20-21(9-15)33-13-32-20)24-23-12-14-1-5-17(6-2-14)34-19-8-4-16(25(28)29)11-18(19)26(30)31/h1-9,11-12H,10,13H2,(H,24,27)/b23-12-. The number of hydrogen-bond acceptors (Lipinski definition) is 9. The van der Waals surface area contributed by atoms with Gasteiger partial charge in [-0.3, -0.25) is 25.0 Å². The molecular formula is C22H16N4O8. The maximum atomic E-state index is 12.1. The van der Waals surface area contributed by atoms with Crippen molar-refractivity contribution in [2.45, 2.75) is 6.42 Å². The monoisotopic (exact) mass is 464 g/mol. The van der Waals surface area contributed by atoms with Gasteiger partial charge in [0.1, 0.15) is 5.75 Å². The molecule has 12 heteroatoms. The number of amides is 1. The molecule has 34 heavy (non-hydrogen) atoms. The van der Waals surface area contributed by atoms with E-state index in [2.05, 4.69) is 10.5 Å².